The standard InChI is InChI=1S/C12H17NOS/c1-13(2)12(14)15-10-6-9-11-7-4-3-5-8-11/h3-5,7-8H,6,9-10H2,1-2H3. The van der Waals surface area contributed by atoms with Gasteiger partial charge in [0, 0.05) is 19.8 Å². The molecule has 1 aromatic carbocycles. The zero-order valence-corrected chi connectivity index (χ0v) is 10.1. The Labute approximate surface area is 95.7 Å². The van der Waals surface area contributed by atoms with Gasteiger partial charge in [-0.25, -0.2) is 0 Å². The largest absolute Gasteiger partial charge is 0.340 e. The Kier molecular flexibility index (Phi) is 5.26. The number of amides is 1. The van der Waals surface area contributed by atoms with Gasteiger partial charge in [-0.2, -0.15) is 0 Å². The van der Waals surface area contributed by atoms with Crippen LogP contribution in [0.4, 0.5) is 4.79 Å². The fourth-order valence-corrected chi connectivity index (χ4v) is 1.93. The lowest BCUT2D eigenvalue weighted by molar-refractivity contribution is 0.241. The van der Waals surface area contributed by atoms with Crippen LogP contribution in [0.15, 0.2) is 30.3 Å². The van der Waals surface area contributed by atoms with Crippen molar-refractivity contribution in [3.63, 3.8) is 0 Å². The molecule has 0 atom stereocenters. The van der Waals surface area contributed by atoms with Crippen LogP contribution in [0.5, 0.6) is 0 Å². The van der Waals surface area contributed by atoms with E-state index in [0.29, 0.717) is 0 Å². The van der Waals surface area contributed by atoms with E-state index in [0.717, 1.165) is 18.6 Å². The first-order valence-electron chi connectivity index (χ1n) is 5.08. The number of carbonyl (C=O) groups is 1. The van der Waals surface area contributed by atoms with E-state index in [1.165, 1.54) is 17.3 Å². The van der Waals surface area contributed by atoms with Crippen molar-refractivity contribution < 1.29 is 4.79 Å². The molecule has 0 N–H and O–H groups in total. The van der Waals surface area contributed by atoms with E-state index < -0.39 is 0 Å². The van der Waals surface area contributed by atoms with Crippen molar-refractivity contribution in [1.82, 2.24) is 4.90 Å². The Hall–Kier alpha value is -0.960. The number of rotatable bonds is 4. The number of nitrogens with zero attached hydrogens (tertiary/aromatic N) is 1. The first kappa shape index (κ1) is 12.1. The maximum absolute atomic E-state index is 11.2. The molecule has 0 saturated carbocycles. The summed E-state index contributed by atoms with van der Waals surface area (Å²) in [5.41, 5.74) is 1.34. The van der Waals surface area contributed by atoms with E-state index in [2.05, 4.69) is 12.1 Å². The minimum absolute atomic E-state index is 0.142. The van der Waals surface area contributed by atoms with Gasteiger partial charge in [-0.15, -0.1) is 0 Å². The number of thioether (sulfide) groups is 1. The highest BCUT2D eigenvalue weighted by molar-refractivity contribution is 8.13. The van der Waals surface area contributed by atoms with Gasteiger partial charge in [0.15, 0.2) is 0 Å². The zero-order valence-electron chi connectivity index (χ0n) is 9.27. The van der Waals surface area contributed by atoms with Crippen molar-refractivity contribution in [3.05, 3.63) is 35.9 Å². The molecule has 0 spiro atoms. The molecule has 0 aliphatic rings. The van der Waals surface area contributed by atoms with Crippen molar-refractivity contribution in [2.45, 2.75) is 12.8 Å². The third-order valence-corrected chi connectivity index (χ3v) is 3.15. The van der Waals surface area contributed by atoms with Gasteiger partial charge in [0.2, 0.25) is 0 Å². The molecule has 0 saturated heterocycles. The van der Waals surface area contributed by atoms with Crippen LogP contribution >= 0.6 is 11.8 Å². The van der Waals surface area contributed by atoms with Crippen LogP contribution in [-0.2, 0) is 6.42 Å². The molecular formula is C12H17NOS. The number of aryl methyl sites for hydroxylation is 1. The van der Waals surface area contributed by atoms with Gasteiger partial charge < -0.3 is 4.90 Å². The van der Waals surface area contributed by atoms with Crippen LogP contribution < -0.4 is 0 Å². The molecule has 0 bridgehead atoms. The molecule has 0 heterocycles. The monoisotopic (exact) mass is 223 g/mol. The second-order valence-electron chi connectivity index (χ2n) is 3.60. The van der Waals surface area contributed by atoms with E-state index in [1.54, 1.807) is 19.0 Å². The predicted molar refractivity (Wildman–Crippen MR) is 66.3 cm³/mol. The Morgan fingerprint density at radius 3 is 2.53 bits per heavy atom. The molecule has 0 aliphatic carbocycles. The first-order valence-corrected chi connectivity index (χ1v) is 6.06. The van der Waals surface area contributed by atoms with Gasteiger partial charge >= 0.3 is 0 Å². The molecule has 0 aromatic heterocycles. The van der Waals surface area contributed by atoms with Crippen molar-refractivity contribution in [3.8, 4) is 0 Å². The molecule has 0 unspecified atom stereocenters. The molecule has 0 radical (unpaired) electrons. The SMILES string of the molecule is CN(C)C(=O)SCCCc1ccccc1. The second-order valence-corrected chi connectivity index (χ2v) is 4.64. The van der Waals surface area contributed by atoms with Crippen LogP contribution in [0.2, 0.25) is 0 Å². The normalized spacial score (nSPS) is 10.0. The maximum atomic E-state index is 11.2. The maximum Gasteiger partial charge on any atom is 0.281 e. The van der Waals surface area contributed by atoms with Crippen molar-refractivity contribution in [2.24, 2.45) is 0 Å². The number of carbonyl (C=O) groups excluding carboxylic acids is 1. The van der Waals surface area contributed by atoms with Crippen molar-refractivity contribution in [2.75, 3.05) is 19.8 Å². The van der Waals surface area contributed by atoms with Crippen LogP contribution in [-0.4, -0.2) is 30.0 Å². The fourth-order valence-electron chi connectivity index (χ4n) is 1.21. The van der Waals surface area contributed by atoms with E-state index in [1.807, 2.05) is 18.2 Å². The molecule has 3 heteroatoms. The lowest BCUT2D eigenvalue weighted by atomic mass is 10.1. The molecule has 2 nitrogen and oxygen atoms in total. The summed E-state index contributed by atoms with van der Waals surface area (Å²) >= 11 is 1.39. The molecule has 82 valence electrons. The minimum Gasteiger partial charge on any atom is -0.340 e. The number of hydrogen-bond donors (Lipinski definition) is 0. The highest BCUT2D eigenvalue weighted by Crippen LogP contribution is 2.10. The Balaban J connectivity index is 2.15. The summed E-state index contributed by atoms with van der Waals surface area (Å²) in [6.45, 7) is 0. The summed E-state index contributed by atoms with van der Waals surface area (Å²) in [5.74, 6) is 0.895. The molecule has 0 fully saturated rings. The lowest BCUT2D eigenvalue weighted by Gasteiger charge is -2.08. The summed E-state index contributed by atoms with van der Waals surface area (Å²) < 4.78 is 0. The van der Waals surface area contributed by atoms with Crippen molar-refractivity contribution in [1.29, 1.82) is 0 Å². The van der Waals surface area contributed by atoms with E-state index >= 15 is 0 Å². The summed E-state index contributed by atoms with van der Waals surface area (Å²) in [5, 5.41) is 0.142. The molecule has 15 heavy (non-hydrogen) atoms. The van der Waals surface area contributed by atoms with Gasteiger partial charge in [0.1, 0.15) is 0 Å². The number of benzene rings is 1. The topological polar surface area (TPSA) is 20.3 Å². The Morgan fingerprint density at radius 2 is 1.93 bits per heavy atom. The number of hydrogen-bond acceptors (Lipinski definition) is 2. The summed E-state index contributed by atoms with van der Waals surface area (Å²) in [6, 6.07) is 10.4. The van der Waals surface area contributed by atoms with E-state index in [4.69, 9.17) is 0 Å². The molecule has 1 rings (SSSR count). The average Bonchev–Trinajstić information content (AvgIpc) is 2.25. The van der Waals surface area contributed by atoms with Crippen LogP contribution in [0.25, 0.3) is 0 Å². The molecule has 0 aliphatic heterocycles. The molecule has 1 aromatic rings. The highest BCUT2D eigenvalue weighted by atomic mass is 32.2. The lowest BCUT2D eigenvalue weighted by Crippen LogP contribution is -2.16. The first-order chi connectivity index (χ1) is 7.20. The quantitative estimate of drug-likeness (QED) is 0.731. The average molecular weight is 223 g/mol. The van der Waals surface area contributed by atoms with E-state index in [-0.39, 0.29) is 5.24 Å². The molecule has 1 amide bonds. The predicted octanol–water partition coefficient (Wildman–Crippen LogP) is 3.03. The van der Waals surface area contributed by atoms with Gasteiger partial charge in [-0.3, -0.25) is 4.79 Å². The van der Waals surface area contributed by atoms with Gasteiger partial charge in [-0.1, -0.05) is 42.1 Å². The van der Waals surface area contributed by atoms with E-state index in [9.17, 15) is 4.79 Å². The van der Waals surface area contributed by atoms with Gasteiger partial charge in [0.05, 0.1) is 0 Å². The summed E-state index contributed by atoms with van der Waals surface area (Å²) in [4.78, 5) is 12.9. The highest BCUT2D eigenvalue weighted by Gasteiger charge is 2.03. The second kappa shape index (κ2) is 6.51. The summed E-state index contributed by atoms with van der Waals surface area (Å²) in [6.07, 6.45) is 2.10. The van der Waals surface area contributed by atoms with Gasteiger partial charge in [-0.05, 0) is 18.4 Å². The summed E-state index contributed by atoms with van der Waals surface area (Å²) in [7, 11) is 3.57. The fraction of sp³-hybridized carbons (Fsp3) is 0.417. The van der Waals surface area contributed by atoms with Crippen LogP contribution in [0.3, 0.4) is 0 Å². The Bertz CT molecular complexity index is 298. The minimum atomic E-state index is 0.142. The third-order valence-electron chi connectivity index (χ3n) is 2.04. The smallest absolute Gasteiger partial charge is 0.281 e. The van der Waals surface area contributed by atoms with Crippen LogP contribution in [0.1, 0.15) is 12.0 Å². The van der Waals surface area contributed by atoms with Crippen molar-refractivity contribution >= 4 is 17.0 Å². The Morgan fingerprint density at radius 1 is 1.27 bits per heavy atom. The zero-order chi connectivity index (χ0) is 11.1. The van der Waals surface area contributed by atoms with Gasteiger partial charge in [0.25, 0.3) is 5.24 Å². The third kappa shape index (κ3) is 4.88. The van der Waals surface area contributed by atoms with Crippen LogP contribution in [0, 0.1) is 0 Å². The molecular weight excluding hydrogens is 206 g/mol.